The molecule has 1 atom stereocenters. The first kappa shape index (κ1) is 13.5. The Kier molecular flexibility index (Phi) is 3.72. The van der Waals surface area contributed by atoms with E-state index in [1.807, 2.05) is 0 Å². The third-order valence-electron chi connectivity index (χ3n) is 2.93. The first-order valence-corrected chi connectivity index (χ1v) is 9.44. The van der Waals surface area contributed by atoms with E-state index in [0.717, 1.165) is 4.57 Å². The van der Waals surface area contributed by atoms with E-state index in [4.69, 9.17) is 0 Å². The molecule has 0 saturated heterocycles. The van der Waals surface area contributed by atoms with Gasteiger partial charge < -0.3 is 0 Å². The number of hydrogen-bond donors (Lipinski definition) is 1. The SMILES string of the molecule is Cn1cnc2c1c(=O)n(CC(O)[CH2][Hg])c(=O)n2C. The molecular weight excluding hydrogens is 425 g/mol. The molecule has 8 heteroatoms. The average Bonchev–Trinajstić information content (AvgIpc) is 2.74. The second-order valence-corrected chi connectivity index (χ2v) is 6.47. The van der Waals surface area contributed by atoms with Crippen LogP contribution < -0.4 is 11.2 Å². The molecule has 1 unspecified atom stereocenters. The Morgan fingerprint density at radius 1 is 1.44 bits per heavy atom. The van der Waals surface area contributed by atoms with Crippen LogP contribution in [0.3, 0.4) is 0 Å². The van der Waals surface area contributed by atoms with Gasteiger partial charge in [0.25, 0.3) is 0 Å². The zero-order valence-corrected chi connectivity index (χ0v) is 15.8. The van der Waals surface area contributed by atoms with E-state index >= 15 is 0 Å². The second-order valence-electron chi connectivity index (χ2n) is 4.23. The van der Waals surface area contributed by atoms with Crippen LogP contribution in [0.15, 0.2) is 15.9 Å². The summed E-state index contributed by atoms with van der Waals surface area (Å²) in [5.74, 6) is 0. The van der Waals surface area contributed by atoms with E-state index in [1.54, 1.807) is 18.7 Å². The molecule has 0 aromatic carbocycles. The van der Waals surface area contributed by atoms with Crippen molar-refractivity contribution >= 4 is 11.2 Å². The molecular formula is C10H13HgN4O3. The summed E-state index contributed by atoms with van der Waals surface area (Å²) in [6.07, 6.45) is 0.881. The first-order valence-electron chi connectivity index (χ1n) is 5.55. The number of aliphatic hydroxyl groups is 1. The summed E-state index contributed by atoms with van der Waals surface area (Å²) in [4.78, 5) is 28.3. The van der Waals surface area contributed by atoms with E-state index in [1.165, 1.54) is 10.9 Å². The average molecular weight is 438 g/mol. The minimum absolute atomic E-state index is 0.0517. The van der Waals surface area contributed by atoms with Crippen LogP contribution >= 0.6 is 0 Å². The van der Waals surface area contributed by atoms with Crippen molar-refractivity contribution in [2.24, 2.45) is 14.1 Å². The number of rotatable bonds is 3. The Balaban J connectivity index is 2.78. The number of hydrogen-bond acceptors (Lipinski definition) is 4. The van der Waals surface area contributed by atoms with Gasteiger partial charge in [0.2, 0.25) is 0 Å². The van der Waals surface area contributed by atoms with Gasteiger partial charge in [-0.15, -0.1) is 0 Å². The third-order valence-corrected chi connectivity index (χ3v) is 5.52. The van der Waals surface area contributed by atoms with Gasteiger partial charge in [-0.05, 0) is 0 Å². The van der Waals surface area contributed by atoms with Crippen LogP contribution in [0.25, 0.3) is 11.2 Å². The van der Waals surface area contributed by atoms with Crippen molar-refractivity contribution in [1.29, 1.82) is 0 Å². The molecule has 2 heterocycles. The molecule has 7 nitrogen and oxygen atoms in total. The van der Waals surface area contributed by atoms with Crippen LogP contribution in [-0.2, 0) is 46.8 Å². The van der Waals surface area contributed by atoms with Crippen molar-refractivity contribution in [1.82, 2.24) is 18.7 Å². The molecule has 2 aromatic rings. The van der Waals surface area contributed by atoms with Gasteiger partial charge in [0.1, 0.15) is 0 Å². The van der Waals surface area contributed by atoms with Gasteiger partial charge in [-0.25, -0.2) is 0 Å². The molecule has 18 heavy (non-hydrogen) atoms. The first-order chi connectivity index (χ1) is 8.47. The molecule has 0 saturated carbocycles. The molecule has 1 N–H and O–H groups in total. The van der Waals surface area contributed by atoms with Gasteiger partial charge in [0, 0.05) is 0 Å². The summed E-state index contributed by atoms with van der Waals surface area (Å²) in [6, 6.07) is 0. The maximum atomic E-state index is 12.2. The van der Waals surface area contributed by atoms with Crippen molar-refractivity contribution in [2.75, 3.05) is 0 Å². The monoisotopic (exact) mass is 439 g/mol. The van der Waals surface area contributed by atoms with Gasteiger partial charge in [-0.3, -0.25) is 0 Å². The number of imidazole rings is 1. The zero-order chi connectivity index (χ0) is 13.4. The Labute approximate surface area is 119 Å². The van der Waals surface area contributed by atoms with Gasteiger partial charge in [-0.1, -0.05) is 0 Å². The Bertz CT molecular complexity index is 699. The fourth-order valence-corrected chi connectivity index (χ4v) is 2.57. The van der Waals surface area contributed by atoms with Gasteiger partial charge in [-0.2, -0.15) is 0 Å². The molecule has 0 radical (unpaired) electrons. The van der Waals surface area contributed by atoms with Crippen molar-refractivity contribution in [3.8, 4) is 0 Å². The van der Waals surface area contributed by atoms with E-state index in [0.29, 0.717) is 41.2 Å². The van der Waals surface area contributed by atoms with Crippen LogP contribution in [0.1, 0.15) is 0 Å². The maximum absolute atomic E-state index is 12.2. The van der Waals surface area contributed by atoms with Gasteiger partial charge >= 0.3 is 119 Å². The van der Waals surface area contributed by atoms with E-state index in [2.05, 4.69) is 4.98 Å². The molecule has 2 aromatic heterocycles. The molecule has 0 aliphatic heterocycles. The van der Waals surface area contributed by atoms with Gasteiger partial charge in [0.15, 0.2) is 0 Å². The molecule has 0 spiro atoms. The van der Waals surface area contributed by atoms with Crippen molar-refractivity contribution in [3.05, 3.63) is 27.2 Å². The second kappa shape index (κ2) is 4.97. The Morgan fingerprint density at radius 2 is 2.11 bits per heavy atom. The predicted molar refractivity (Wildman–Crippen MR) is 61.0 cm³/mol. The van der Waals surface area contributed by atoms with E-state index in [-0.39, 0.29) is 6.54 Å². The molecule has 2 rings (SSSR count). The standard InChI is InChI=1S/C10H13N4O3.Hg/c1-6(15)4-14-9(16)7-8(11-5-12(7)2)13(3)10(14)17;/h5-6,15H,1,4H2,2-3H3;. The number of aryl methyl sites for hydroxylation is 2. The van der Waals surface area contributed by atoms with Crippen LogP contribution in [0.2, 0.25) is 3.93 Å². The topological polar surface area (TPSA) is 82.1 Å². The summed E-state index contributed by atoms with van der Waals surface area (Å²) in [7, 11) is 3.28. The fourth-order valence-electron chi connectivity index (χ4n) is 1.86. The summed E-state index contributed by atoms with van der Waals surface area (Å²) < 4.78 is 4.69. The Hall–Kier alpha value is -0.955. The molecule has 0 fully saturated rings. The third kappa shape index (κ3) is 2.05. The number of aromatic nitrogens is 4. The quantitative estimate of drug-likeness (QED) is 0.609. The van der Waals surface area contributed by atoms with Crippen molar-refractivity contribution in [3.63, 3.8) is 0 Å². The van der Waals surface area contributed by atoms with Gasteiger partial charge in [0.05, 0.1) is 0 Å². The molecule has 93 valence electrons. The minimum atomic E-state index is -0.621. The normalized spacial score (nSPS) is 13.2. The Morgan fingerprint density at radius 3 is 2.72 bits per heavy atom. The summed E-state index contributed by atoms with van der Waals surface area (Å²) in [5, 5.41) is 9.66. The molecule has 0 amide bonds. The summed E-state index contributed by atoms with van der Waals surface area (Å²) in [6.45, 7) is 0.0517. The molecule has 0 bridgehead atoms. The van der Waals surface area contributed by atoms with E-state index in [9.17, 15) is 14.7 Å². The van der Waals surface area contributed by atoms with Crippen LogP contribution in [0.5, 0.6) is 0 Å². The number of aliphatic hydroxyl groups excluding tert-OH is 1. The van der Waals surface area contributed by atoms with E-state index < -0.39 is 17.4 Å². The van der Waals surface area contributed by atoms with Crippen LogP contribution in [-0.4, -0.2) is 29.9 Å². The molecule has 0 aliphatic rings. The fraction of sp³-hybridized carbons (Fsp3) is 0.500. The molecule has 0 aliphatic carbocycles. The summed E-state index contributed by atoms with van der Waals surface area (Å²) in [5.41, 5.74) is -0.0867. The summed E-state index contributed by atoms with van der Waals surface area (Å²) >= 11 is 0.435. The predicted octanol–water partition coefficient (Wildman–Crippen LogP) is -1.24. The number of fused-ring (bicyclic) bond motifs is 1. The van der Waals surface area contributed by atoms with Crippen LogP contribution in [0.4, 0.5) is 0 Å². The van der Waals surface area contributed by atoms with Crippen molar-refractivity contribution < 1.29 is 31.2 Å². The number of nitrogens with zero attached hydrogens (tertiary/aromatic N) is 4. The van der Waals surface area contributed by atoms with Crippen LogP contribution in [0, 0.1) is 0 Å². The van der Waals surface area contributed by atoms with Crippen molar-refractivity contribution in [2.45, 2.75) is 16.6 Å². The zero-order valence-electron chi connectivity index (χ0n) is 10.3.